The molecule has 1 saturated heterocycles. The van der Waals surface area contributed by atoms with E-state index in [1.807, 2.05) is 11.8 Å². The summed E-state index contributed by atoms with van der Waals surface area (Å²) >= 11 is 0. The maximum absolute atomic E-state index is 12.4. The number of hydrogen-bond acceptors (Lipinski definition) is 3. The Kier molecular flexibility index (Phi) is 4.82. The molecule has 5 heteroatoms. The lowest BCUT2D eigenvalue weighted by Gasteiger charge is -2.31. The van der Waals surface area contributed by atoms with E-state index in [4.69, 9.17) is 9.52 Å². The van der Waals surface area contributed by atoms with Crippen LogP contribution in [0, 0.1) is 5.92 Å². The number of aryl methyl sites for hydroxylation is 1. The minimum absolute atomic E-state index is 0.0345. The van der Waals surface area contributed by atoms with Gasteiger partial charge < -0.3 is 14.4 Å². The number of aliphatic carboxylic acids is 1. The first-order valence-corrected chi connectivity index (χ1v) is 7.19. The molecule has 0 aliphatic carbocycles. The van der Waals surface area contributed by atoms with Gasteiger partial charge in [-0.3, -0.25) is 9.59 Å². The molecule has 0 unspecified atom stereocenters. The average molecular weight is 279 g/mol. The first kappa shape index (κ1) is 14.6. The molecule has 2 heterocycles. The zero-order valence-electron chi connectivity index (χ0n) is 11.8. The quantitative estimate of drug-likeness (QED) is 0.899. The van der Waals surface area contributed by atoms with Crippen molar-refractivity contribution in [3.8, 4) is 0 Å². The second-order valence-electron chi connectivity index (χ2n) is 5.28. The SMILES string of the molecule is CCc1occc1C(=O)N1CCC(CCC(=O)O)CC1. The molecule has 0 saturated carbocycles. The summed E-state index contributed by atoms with van der Waals surface area (Å²) in [5, 5.41) is 8.69. The Morgan fingerprint density at radius 2 is 2.10 bits per heavy atom. The molecule has 1 aliphatic rings. The summed E-state index contributed by atoms with van der Waals surface area (Å²) in [6, 6.07) is 1.73. The number of likely N-dealkylation sites (tertiary alicyclic amines) is 1. The van der Waals surface area contributed by atoms with Crippen LogP contribution in [0.4, 0.5) is 0 Å². The van der Waals surface area contributed by atoms with Crippen molar-refractivity contribution in [3.05, 3.63) is 23.7 Å². The van der Waals surface area contributed by atoms with E-state index in [1.165, 1.54) is 0 Å². The fraction of sp³-hybridized carbons (Fsp3) is 0.600. The van der Waals surface area contributed by atoms with Gasteiger partial charge in [-0.15, -0.1) is 0 Å². The highest BCUT2D eigenvalue weighted by Crippen LogP contribution is 2.24. The summed E-state index contributed by atoms with van der Waals surface area (Å²) in [6.45, 7) is 3.38. The lowest BCUT2D eigenvalue weighted by molar-refractivity contribution is -0.137. The van der Waals surface area contributed by atoms with Gasteiger partial charge in [0.1, 0.15) is 5.76 Å². The molecule has 20 heavy (non-hydrogen) atoms. The predicted molar refractivity (Wildman–Crippen MR) is 73.6 cm³/mol. The summed E-state index contributed by atoms with van der Waals surface area (Å²) in [6.07, 6.45) is 4.98. The van der Waals surface area contributed by atoms with Gasteiger partial charge in [0.15, 0.2) is 0 Å². The van der Waals surface area contributed by atoms with Crippen molar-refractivity contribution in [1.82, 2.24) is 4.90 Å². The van der Waals surface area contributed by atoms with Crippen LogP contribution in [0.15, 0.2) is 16.7 Å². The second-order valence-corrected chi connectivity index (χ2v) is 5.28. The standard InChI is InChI=1S/C15H21NO4/c1-2-13-12(7-10-20-13)15(19)16-8-5-11(6-9-16)3-4-14(17)18/h7,10-11H,2-6,8-9H2,1H3,(H,17,18). The molecule has 1 N–H and O–H groups in total. The van der Waals surface area contributed by atoms with Crippen LogP contribution >= 0.6 is 0 Å². The molecule has 1 aliphatic heterocycles. The first-order chi connectivity index (χ1) is 9.61. The van der Waals surface area contributed by atoms with Gasteiger partial charge in [-0.25, -0.2) is 0 Å². The summed E-state index contributed by atoms with van der Waals surface area (Å²) in [7, 11) is 0. The Balaban J connectivity index is 1.87. The van der Waals surface area contributed by atoms with Crippen molar-refractivity contribution in [2.75, 3.05) is 13.1 Å². The number of nitrogens with zero attached hydrogens (tertiary/aromatic N) is 1. The molecule has 0 spiro atoms. The van der Waals surface area contributed by atoms with Crippen molar-refractivity contribution in [3.63, 3.8) is 0 Å². The van der Waals surface area contributed by atoms with Crippen LogP contribution in [0.3, 0.4) is 0 Å². The van der Waals surface area contributed by atoms with Crippen LogP contribution in [0.1, 0.15) is 48.7 Å². The Hall–Kier alpha value is -1.78. The lowest BCUT2D eigenvalue weighted by atomic mass is 9.92. The van der Waals surface area contributed by atoms with Gasteiger partial charge >= 0.3 is 5.97 Å². The van der Waals surface area contributed by atoms with Gasteiger partial charge in [-0.05, 0) is 31.2 Å². The van der Waals surface area contributed by atoms with E-state index in [0.29, 0.717) is 37.4 Å². The van der Waals surface area contributed by atoms with E-state index in [2.05, 4.69) is 0 Å². The fourth-order valence-corrected chi connectivity index (χ4v) is 2.73. The zero-order chi connectivity index (χ0) is 14.5. The molecule has 1 fully saturated rings. The van der Waals surface area contributed by atoms with Gasteiger partial charge in [0.05, 0.1) is 11.8 Å². The van der Waals surface area contributed by atoms with E-state index in [0.717, 1.165) is 18.6 Å². The van der Waals surface area contributed by atoms with Crippen LogP contribution in [-0.4, -0.2) is 35.0 Å². The molecule has 0 bridgehead atoms. The number of piperidine rings is 1. The molecular formula is C15H21NO4. The topological polar surface area (TPSA) is 70.8 Å². The van der Waals surface area contributed by atoms with E-state index >= 15 is 0 Å². The number of rotatable bonds is 5. The normalized spacial score (nSPS) is 16.4. The Labute approximate surface area is 118 Å². The highest BCUT2D eigenvalue weighted by atomic mass is 16.4. The highest BCUT2D eigenvalue weighted by molar-refractivity contribution is 5.95. The minimum Gasteiger partial charge on any atom is -0.481 e. The maximum atomic E-state index is 12.4. The van der Waals surface area contributed by atoms with Gasteiger partial charge in [0, 0.05) is 25.9 Å². The molecular weight excluding hydrogens is 258 g/mol. The van der Waals surface area contributed by atoms with Crippen molar-refractivity contribution in [2.45, 2.75) is 39.0 Å². The molecule has 1 aromatic rings. The van der Waals surface area contributed by atoms with Crippen LogP contribution in [0.25, 0.3) is 0 Å². The summed E-state index contributed by atoms with van der Waals surface area (Å²) in [5.41, 5.74) is 0.663. The highest BCUT2D eigenvalue weighted by Gasteiger charge is 2.25. The van der Waals surface area contributed by atoms with E-state index in [9.17, 15) is 9.59 Å². The zero-order valence-corrected chi connectivity index (χ0v) is 11.8. The van der Waals surface area contributed by atoms with Crippen molar-refractivity contribution in [1.29, 1.82) is 0 Å². The monoisotopic (exact) mass is 279 g/mol. The molecule has 0 atom stereocenters. The van der Waals surface area contributed by atoms with E-state index in [1.54, 1.807) is 12.3 Å². The fourth-order valence-electron chi connectivity index (χ4n) is 2.73. The van der Waals surface area contributed by atoms with Crippen LogP contribution in [0.5, 0.6) is 0 Å². The molecule has 0 radical (unpaired) electrons. The predicted octanol–water partition coefficient (Wildman–Crippen LogP) is 2.56. The Bertz CT molecular complexity index is 472. The number of carbonyl (C=O) groups is 2. The third-order valence-corrected chi connectivity index (χ3v) is 3.97. The maximum Gasteiger partial charge on any atom is 0.303 e. The van der Waals surface area contributed by atoms with E-state index < -0.39 is 5.97 Å². The number of furan rings is 1. The van der Waals surface area contributed by atoms with Crippen LogP contribution in [0.2, 0.25) is 0 Å². The summed E-state index contributed by atoms with van der Waals surface area (Å²) in [4.78, 5) is 24.8. The Morgan fingerprint density at radius 1 is 1.40 bits per heavy atom. The Morgan fingerprint density at radius 3 is 2.70 bits per heavy atom. The molecule has 5 nitrogen and oxygen atoms in total. The second kappa shape index (κ2) is 6.59. The number of carboxylic acids is 1. The molecule has 1 amide bonds. The van der Waals surface area contributed by atoms with Crippen LogP contribution < -0.4 is 0 Å². The number of carboxylic acid groups (broad SMARTS) is 1. The minimum atomic E-state index is -0.741. The van der Waals surface area contributed by atoms with Gasteiger partial charge in [-0.2, -0.15) is 0 Å². The molecule has 0 aromatic carbocycles. The molecule has 2 rings (SSSR count). The van der Waals surface area contributed by atoms with Crippen molar-refractivity contribution in [2.24, 2.45) is 5.92 Å². The van der Waals surface area contributed by atoms with Gasteiger partial charge in [0.2, 0.25) is 0 Å². The third-order valence-electron chi connectivity index (χ3n) is 3.97. The average Bonchev–Trinajstić information content (AvgIpc) is 2.93. The van der Waals surface area contributed by atoms with Gasteiger partial charge in [0.25, 0.3) is 5.91 Å². The van der Waals surface area contributed by atoms with Crippen molar-refractivity contribution >= 4 is 11.9 Å². The summed E-state index contributed by atoms with van der Waals surface area (Å²) in [5.74, 6) is 0.454. The number of carbonyl (C=O) groups excluding carboxylic acids is 1. The smallest absolute Gasteiger partial charge is 0.303 e. The van der Waals surface area contributed by atoms with Crippen LogP contribution in [-0.2, 0) is 11.2 Å². The lowest BCUT2D eigenvalue weighted by Crippen LogP contribution is -2.38. The number of amides is 1. The largest absolute Gasteiger partial charge is 0.481 e. The van der Waals surface area contributed by atoms with Crippen molar-refractivity contribution < 1.29 is 19.1 Å². The van der Waals surface area contributed by atoms with E-state index in [-0.39, 0.29) is 12.3 Å². The molecule has 1 aromatic heterocycles. The van der Waals surface area contributed by atoms with Gasteiger partial charge in [-0.1, -0.05) is 6.92 Å². The number of hydrogen-bond donors (Lipinski definition) is 1. The molecule has 110 valence electrons. The third kappa shape index (κ3) is 3.40. The summed E-state index contributed by atoms with van der Waals surface area (Å²) < 4.78 is 5.30. The first-order valence-electron chi connectivity index (χ1n) is 7.19.